The smallest absolute Gasteiger partial charge is 0.326 e. The number of carboxylic acids is 1. The first-order valence-electron chi connectivity index (χ1n) is 4.89. The molecule has 1 saturated heterocycles. The molecule has 0 radical (unpaired) electrons. The second-order valence-corrected chi connectivity index (χ2v) is 3.65. The number of hydrogen-bond acceptors (Lipinski definition) is 2. The van der Waals surface area contributed by atoms with E-state index in [0.29, 0.717) is 13.0 Å². The van der Waals surface area contributed by atoms with Gasteiger partial charge in [0.2, 0.25) is 0 Å². The minimum atomic E-state index is -1.02. The third kappa shape index (κ3) is 1.76. The average Bonchev–Trinajstić information content (AvgIpc) is 2.14. The van der Waals surface area contributed by atoms with Crippen molar-refractivity contribution in [3.05, 3.63) is 35.6 Å². The molecule has 84 valence electrons. The quantitative estimate of drug-likeness (QED) is 0.817. The van der Waals surface area contributed by atoms with E-state index >= 15 is 0 Å². The minimum absolute atomic E-state index is 0.186. The Bertz CT molecular complexity index is 447. The highest BCUT2D eigenvalue weighted by molar-refractivity contribution is 5.97. The third-order valence-electron chi connectivity index (χ3n) is 2.64. The van der Waals surface area contributed by atoms with Crippen molar-refractivity contribution < 1.29 is 19.1 Å². The monoisotopic (exact) mass is 223 g/mol. The lowest BCUT2D eigenvalue weighted by atomic mass is 10.0. The lowest BCUT2D eigenvalue weighted by Gasteiger charge is -2.37. The van der Waals surface area contributed by atoms with Crippen LogP contribution in [0.1, 0.15) is 16.8 Å². The van der Waals surface area contributed by atoms with E-state index in [-0.39, 0.29) is 5.56 Å². The van der Waals surface area contributed by atoms with Gasteiger partial charge in [-0.15, -0.1) is 0 Å². The van der Waals surface area contributed by atoms with E-state index < -0.39 is 23.7 Å². The highest BCUT2D eigenvalue weighted by Gasteiger charge is 2.37. The fourth-order valence-electron chi connectivity index (χ4n) is 1.67. The Morgan fingerprint density at radius 2 is 2.19 bits per heavy atom. The molecule has 1 atom stereocenters. The summed E-state index contributed by atoms with van der Waals surface area (Å²) >= 11 is 0. The van der Waals surface area contributed by atoms with Crippen molar-refractivity contribution in [3.8, 4) is 0 Å². The predicted molar refractivity (Wildman–Crippen MR) is 53.5 cm³/mol. The van der Waals surface area contributed by atoms with Crippen LogP contribution in [0, 0.1) is 5.82 Å². The average molecular weight is 223 g/mol. The van der Waals surface area contributed by atoms with Gasteiger partial charge in [-0.3, -0.25) is 4.79 Å². The van der Waals surface area contributed by atoms with Crippen molar-refractivity contribution in [2.24, 2.45) is 0 Å². The summed E-state index contributed by atoms with van der Waals surface area (Å²) in [5.74, 6) is -1.95. The van der Waals surface area contributed by atoms with Gasteiger partial charge in [-0.25, -0.2) is 9.18 Å². The first-order chi connectivity index (χ1) is 7.59. The molecule has 5 heteroatoms. The zero-order chi connectivity index (χ0) is 11.7. The van der Waals surface area contributed by atoms with Gasteiger partial charge in [0.1, 0.15) is 11.9 Å². The maximum absolute atomic E-state index is 12.9. The maximum atomic E-state index is 12.9. The van der Waals surface area contributed by atoms with Crippen molar-refractivity contribution in [1.29, 1.82) is 0 Å². The molecule has 0 aliphatic carbocycles. The standard InChI is InChI=1S/C11H10FNO3/c12-8-3-1-2-7(6-8)10(14)13-5-4-9(13)11(15)16/h1-3,6,9H,4-5H2,(H,15,16). The van der Waals surface area contributed by atoms with Crippen LogP contribution in [0.15, 0.2) is 24.3 Å². The van der Waals surface area contributed by atoms with E-state index in [1.807, 2.05) is 0 Å². The van der Waals surface area contributed by atoms with Crippen LogP contribution >= 0.6 is 0 Å². The molecule has 1 aromatic carbocycles. The van der Waals surface area contributed by atoms with E-state index in [0.717, 1.165) is 6.07 Å². The number of hydrogen-bond donors (Lipinski definition) is 1. The summed E-state index contributed by atoms with van der Waals surface area (Å²) in [7, 11) is 0. The number of carbonyl (C=O) groups is 2. The van der Waals surface area contributed by atoms with Crippen LogP contribution in [0.3, 0.4) is 0 Å². The van der Waals surface area contributed by atoms with Crippen molar-refractivity contribution >= 4 is 11.9 Å². The molecule has 1 aliphatic heterocycles. The molecule has 1 aromatic rings. The van der Waals surface area contributed by atoms with Gasteiger partial charge in [-0.2, -0.15) is 0 Å². The predicted octanol–water partition coefficient (Wildman–Crippen LogP) is 1.12. The van der Waals surface area contributed by atoms with Crippen molar-refractivity contribution in [2.75, 3.05) is 6.54 Å². The fourth-order valence-corrected chi connectivity index (χ4v) is 1.67. The van der Waals surface area contributed by atoms with Crippen molar-refractivity contribution in [1.82, 2.24) is 4.90 Å². The zero-order valence-corrected chi connectivity index (χ0v) is 8.39. The van der Waals surface area contributed by atoms with Gasteiger partial charge in [0.05, 0.1) is 0 Å². The molecule has 0 bridgehead atoms. The second-order valence-electron chi connectivity index (χ2n) is 3.65. The first kappa shape index (κ1) is 10.6. The summed E-state index contributed by atoms with van der Waals surface area (Å²) in [5.41, 5.74) is 0.186. The van der Waals surface area contributed by atoms with Crippen LogP contribution in [0.25, 0.3) is 0 Å². The molecule has 0 saturated carbocycles. The van der Waals surface area contributed by atoms with Gasteiger partial charge in [0.25, 0.3) is 5.91 Å². The number of rotatable bonds is 2. The van der Waals surface area contributed by atoms with Gasteiger partial charge < -0.3 is 10.0 Å². The van der Waals surface area contributed by atoms with Crippen LogP contribution < -0.4 is 0 Å². The molecule has 1 unspecified atom stereocenters. The number of carbonyl (C=O) groups excluding carboxylic acids is 1. The molecule has 1 N–H and O–H groups in total. The van der Waals surface area contributed by atoms with Crippen LogP contribution in [0.2, 0.25) is 0 Å². The highest BCUT2D eigenvalue weighted by Crippen LogP contribution is 2.20. The Labute approximate surface area is 91.3 Å². The normalized spacial score (nSPS) is 19.1. The van der Waals surface area contributed by atoms with Crippen molar-refractivity contribution in [3.63, 3.8) is 0 Å². The van der Waals surface area contributed by atoms with Crippen LogP contribution in [0.4, 0.5) is 4.39 Å². The summed E-state index contributed by atoms with van der Waals surface area (Å²) in [6.07, 6.45) is 0.455. The molecule has 4 nitrogen and oxygen atoms in total. The molecule has 2 rings (SSSR count). The number of likely N-dealkylation sites (tertiary alicyclic amines) is 1. The number of benzene rings is 1. The van der Waals surface area contributed by atoms with Gasteiger partial charge in [-0.05, 0) is 24.6 Å². The van der Waals surface area contributed by atoms with E-state index in [4.69, 9.17) is 5.11 Å². The van der Waals surface area contributed by atoms with E-state index in [1.165, 1.54) is 23.1 Å². The molecule has 0 aromatic heterocycles. The SMILES string of the molecule is O=C(O)C1CCN1C(=O)c1cccc(F)c1. The zero-order valence-electron chi connectivity index (χ0n) is 8.39. The van der Waals surface area contributed by atoms with Crippen molar-refractivity contribution in [2.45, 2.75) is 12.5 Å². The van der Waals surface area contributed by atoms with Gasteiger partial charge in [0.15, 0.2) is 0 Å². The van der Waals surface area contributed by atoms with E-state index in [9.17, 15) is 14.0 Å². The Kier molecular flexibility index (Phi) is 2.60. The maximum Gasteiger partial charge on any atom is 0.326 e. The molecule has 1 fully saturated rings. The Morgan fingerprint density at radius 1 is 1.44 bits per heavy atom. The molecular formula is C11H10FNO3. The Morgan fingerprint density at radius 3 is 2.69 bits per heavy atom. The van der Waals surface area contributed by atoms with Crippen LogP contribution in [-0.4, -0.2) is 34.5 Å². The third-order valence-corrected chi connectivity index (χ3v) is 2.64. The highest BCUT2D eigenvalue weighted by atomic mass is 19.1. The Hall–Kier alpha value is -1.91. The molecule has 16 heavy (non-hydrogen) atoms. The van der Waals surface area contributed by atoms with Crippen LogP contribution in [-0.2, 0) is 4.79 Å². The molecule has 1 amide bonds. The number of halogens is 1. The summed E-state index contributed by atoms with van der Waals surface area (Å²) < 4.78 is 12.9. The number of amides is 1. The molecule has 1 heterocycles. The summed E-state index contributed by atoms with van der Waals surface area (Å²) in [6, 6.07) is 4.48. The molecular weight excluding hydrogens is 213 g/mol. The van der Waals surface area contributed by atoms with Gasteiger partial charge >= 0.3 is 5.97 Å². The summed E-state index contributed by atoms with van der Waals surface area (Å²) in [4.78, 5) is 23.7. The molecule has 0 spiro atoms. The number of carboxylic acid groups (broad SMARTS) is 1. The summed E-state index contributed by atoms with van der Waals surface area (Å²) in [6.45, 7) is 0.409. The van der Waals surface area contributed by atoms with E-state index in [2.05, 4.69) is 0 Å². The minimum Gasteiger partial charge on any atom is -0.480 e. The first-order valence-corrected chi connectivity index (χ1v) is 4.89. The molecule has 1 aliphatic rings. The lowest BCUT2D eigenvalue weighted by Crippen LogP contribution is -2.55. The van der Waals surface area contributed by atoms with E-state index in [1.54, 1.807) is 0 Å². The number of aliphatic carboxylic acids is 1. The number of nitrogens with zero attached hydrogens (tertiary/aromatic N) is 1. The summed E-state index contributed by atoms with van der Waals surface area (Å²) in [5, 5.41) is 8.79. The largest absolute Gasteiger partial charge is 0.480 e. The van der Waals surface area contributed by atoms with Gasteiger partial charge in [-0.1, -0.05) is 6.07 Å². The lowest BCUT2D eigenvalue weighted by molar-refractivity contribution is -0.146. The van der Waals surface area contributed by atoms with Crippen LogP contribution in [0.5, 0.6) is 0 Å². The fraction of sp³-hybridized carbons (Fsp3) is 0.273. The Balaban J connectivity index is 2.17. The van der Waals surface area contributed by atoms with Gasteiger partial charge in [0, 0.05) is 12.1 Å². The second kappa shape index (κ2) is 3.92. The topological polar surface area (TPSA) is 57.6 Å².